The third kappa shape index (κ3) is 3.85. The predicted octanol–water partition coefficient (Wildman–Crippen LogP) is 0.570. The van der Waals surface area contributed by atoms with Crippen LogP contribution in [0.1, 0.15) is 18.1 Å². The Morgan fingerprint density at radius 3 is 2.23 bits per heavy atom. The molecule has 0 bridgehead atoms. The Morgan fingerprint density at radius 1 is 1.00 bits per heavy atom. The molecule has 2 saturated heterocycles. The number of carbonyl (C=O) groups is 1. The second-order valence-corrected chi connectivity index (χ2v) is 6.24. The molecule has 5 heteroatoms. The van der Waals surface area contributed by atoms with E-state index < -0.39 is 6.10 Å². The number of piperazine rings is 1. The van der Waals surface area contributed by atoms with Gasteiger partial charge in [-0.05, 0) is 12.0 Å². The number of likely N-dealkylation sites (tertiary alicyclic amines) is 1. The molecule has 1 N–H and O–H groups in total. The first kappa shape index (κ1) is 15.5. The minimum absolute atomic E-state index is 0.268. The fourth-order valence-corrected chi connectivity index (χ4v) is 3.01. The summed E-state index contributed by atoms with van der Waals surface area (Å²) in [5, 5.41) is 10.3. The van der Waals surface area contributed by atoms with Crippen LogP contribution < -0.4 is 0 Å². The third-order valence-corrected chi connectivity index (χ3v) is 4.65. The number of benzene rings is 1. The quantitative estimate of drug-likeness (QED) is 0.864. The van der Waals surface area contributed by atoms with Crippen molar-refractivity contribution in [3.8, 4) is 0 Å². The summed E-state index contributed by atoms with van der Waals surface area (Å²) in [6.07, 6.45) is 0.715. The zero-order valence-corrected chi connectivity index (χ0v) is 13.0. The lowest BCUT2D eigenvalue weighted by molar-refractivity contribution is -0.136. The van der Waals surface area contributed by atoms with E-state index in [1.54, 1.807) is 0 Å². The van der Waals surface area contributed by atoms with Crippen LogP contribution in [0.4, 0.5) is 0 Å². The van der Waals surface area contributed by atoms with E-state index in [9.17, 15) is 9.90 Å². The lowest BCUT2D eigenvalue weighted by Gasteiger charge is -2.37. The van der Waals surface area contributed by atoms with Crippen LogP contribution in [0.3, 0.4) is 0 Å². The minimum atomic E-state index is -0.435. The Hall–Kier alpha value is -1.43. The van der Waals surface area contributed by atoms with E-state index in [0.29, 0.717) is 13.1 Å². The van der Waals surface area contributed by atoms with Crippen LogP contribution in [0.2, 0.25) is 0 Å². The van der Waals surface area contributed by atoms with Crippen molar-refractivity contribution in [2.75, 3.05) is 52.4 Å². The van der Waals surface area contributed by atoms with Gasteiger partial charge in [0.15, 0.2) is 0 Å². The first-order valence-corrected chi connectivity index (χ1v) is 8.18. The predicted molar refractivity (Wildman–Crippen MR) is 85.5 cm³/mol. The molecule has 1 unspecified atom stereocenters. The second kappa shape index (κ2) is 7.22. The van der Waals surface area contributed by atoms with Crippen LogP contribution in [-0.2, 0) is 4.79 Å². The molecule has 3 rings (SSSR count). The number of carbonyl (C=O) groups excluding carboxylic acids is 1. The second-order valence-electron chi connectivity index (χ2n) is 6.24. The van der Waals surface area contributed by atoms with Crippen LogP contribution >= 0.6 is 0 Å². The molecule has 5 nitrogen and oxygen atoms in total. The maximum absolute atomic E-state index is 12.0. The molecule has 2 aliphatic heterocycles. The lowest BCUT2D eigenvalue weighted by atomic mass is 10.1. The number of aliphatic hydroxyl groups excluding tert-OH is 1. The van der Waals surface area contributed by atoms with Gasteiger partial charge in [0.05, 0.1) is 12.6 Å². The Morgan fingerprint density at radius 2 is 1.64 bits per heavy atom. The fourth-order valence-electron chi connectivity index (χ4n) is 3.01. The average molecular weight is 303 g/mol. The summed E-state index contributed by atoms with van der Waals surface area (Å²) < 4.78 is 0. The molecule has 2 aliphatic rings. The van der Waals surface area contributed by atoms with Gasteiger partial charge in [-0.3, -0.25) is 14.6 Å². The number of nitrogens with zero attached hydrogens (tertiary/aromatic N) is 3. The largest absolute Gasteiger partial charge is 0.387 e. The van der Waals surface area contributed by atoms with Crippen LogP contribution in [-0.4, -0.2) is 78.1 Å². The van der Waals surface area contributed by atoms with E-state index in [4.69, 9.17) is 0 Å². The number of hydrogen-bond acceptors (Lipinski definition) is 4. The van der Waals surface area contributed by atoms with Gasteiger partial charge in [0.1, 0.15) is 0 Å². The molecule has 1 aromatic rings. The number of hydrogen-bond donors (Lipinski definition) is 1. The summed E-state index contributed by atoms with van der Waals surface area (Å²) in [7, 11) is 0. The Balaban J connectivity index is 1.40. The van der Waals surface area contributed by atoms with Crippen molar-refractivity contribution in [2.24, 2.45) is 0 Å². The molecule has 2 fully saturated rings. The monoisotopic (exact) mass is 303 g/mol. The smallest absolute Gasteiger partial charge is 0.236 e. The summed E-state index contributed by atoms with van der Waals surface area (Å²) in [5.41, 5.74) is 0.970. The van der Waals surface area contributed by atoms with E-state index in [0.717, 1.165) is 51.3 Å². The molecule has 22 heavy (non-hydrogen) atoms. The molecule has 0 spiro atoms. The Labute approximate surface area is 132 Å². The molecule has 120 valence electrons. The van der Waals surface area contributed by atoms with Gasteiger partial charge in [-0.1, -0.05) is 30.3 Å². The van der Waals surface area contributed by atoms with E-state index in [1.165, 1.54) is 0 Å². The molecule has 2 heterocycles. The van der Waals surface area contributed by atoms with Gasteiger partial charge in [-0.25, -0.2) is 0 Å². The maximum Gasteiger partial charge on any atom is 0.236 e. The molecule has 1 aromatic carbocycles. The van der Waals surface area contributed by atoms with E-state index >= 15 is 0 Å². The molecular weight excluding hydrogens is 278 g/mol. The highest BCUT2D eigenvalue weighted by molar-refractivity contribution is 5.78. The van der Waals surface area contributed by atoms with Gasteiger partial charge < -0.3 is 10.0 Å². The van der Waals surface area contributed by atoms with E-state index in [-0.39, 0.29) is 5.91 Å². The number of aliphatic hydroxyl groups is 1. The van der Waals surface area contributed by atoms with E-state index in [1.807, 2.05) is 35.2 Å². The van der Waals surface area contributed by atoms with Gasteiger partial charge in [0, 0.05) is 45.8 Å². The highest BCUT2D eigenvalue weighted by Gasteiger charge is 2.25. The molecule has 0 saturated carbocycles. The summed E-state index contributed by atoms with van der Waals surface area (Å²) >= 11 is 0. The van der Waals surface area contributed by atoms with Crippen molar-refractivity contribution in [3.05, 3.63) is 35.9 Å². The number of β-amino-alcohol motifs (C(OH)–C–C–N with tert-alkyl or cyclic N) is 1. The van der Waals surface area contributed by atoms with Gasteiger partial charge >= 0.3 is 0 Å². The topological polar surface area (TPSA) is 47.0 Å². The van der Waals surface area contributed by atoms with Crippen molar-refractivity contribution >= 4 is 5.91 Å². The normalized spacial score (nSPS) is 21.4. The molecule has 0 aliphatic carbocycles. The SMILES string of the molecule is O=C(CN1CCN(CC(O)c2ccccc2)CC1)N1CCC1. The molecule has 0 aromatic heterocycles. The molecule has 1 atom stereocenters. The van der Waals surface area contributed by atoms with Crippen LogP contribution in [0.25, 0.3) is 0 Å². The lowest BCUT2D eigenvalue weighted by Crippen LogP contribution is -2.52. The zero-order valence-electron chi connectivity index (χ0n) is 13.0. The first-order valence-electron chi connectivity index (χ1n) is 8.18. The van der Waals surface area contributed by atoms with Crippen LogP contribution in [0.15, 0.2) is 30.3 Å². The minimum Gasteiger partial charge on any atom is -0.387 e. The highest BCUT2D eigenvalue weighted by Crippen LogP contribution is 2.15. The third-order valence-electron chi connectivity index (χ3n) is 4.65. The van der Waals surface area contributed by atoms with Gasteiger partial charge in [-0.2, -0.15) is 0 Å². The van der Waals surface area contributed by atoms with Gasteiger partial charge in [0.25, 0.3) is 0 Å². The van der Waals surface area contributed by atoms with Crippen molar-refractivity contribution in [1.29, 1.82) is 0 Å². The Kier molecular flexibility index (Phi) is 5.08. The van der Waals surface area contributed by atoms with Crippen molar-refractivity contribution in [1.82, 2.24) is 14.7 Å². The van der Waals surface area contributed by atoms with Gasteiger partial charge in [0.2, 0.25) is 5.91 Å². The average Bonchev–Trinajstić information content (AvgIpc) is 2.48. The summed E-state index contributed by atoms with van der Waals surface area (Å²) in [5.74, 6) is 0.268. The highest BCUT2D eigenvalue weighted by atomic mass is 16.3. The van der Waals surface area contributed by atoms with Crippen molar-refractivity contribution in [3.63, 3.8) is 0 Å². The van der Waals surface area contributed by atoms with Gasteiger partial charge in [-0.15, -0.1) is 0 Å². The Bertz CT molecular complexity index is 482. The number of rotatable bonds is 5. The zero-order chi connectivity index (χ0) is 15.4. The standard InChI is InChI=1S/C17H25N3O2/c21-16(15-5-2-1-3-6-15)13-18-9-11-19(12-10-18)14-17(22)20-7-4-8-20/h1-3,5-6,16,21H,4,7-14H2. The molecule has 0 radical (unpaired) electrons. The summed E-state index contributed by atoms with van der Waals surface area (Å²) in [6, 6.07) is 9.80. The van der Waals surface area contributed by atoms with E-state index in [2.05, 4.69) is 9.80 Å². The van der Waals surface area contributed by atoms with Crippen LogP contribution in [0.5, 0.6) is 0 Å². The fraction of sp³-hybridized carbons (Fsp3) is 0.588. The van der Waals surface area contributed by atoms with Crippen LogP contribution in [0, 0.1) is 0 Å². The molecule has 1 amide bonds. The summed E-state index contributed by atoms with van der Waals surface area (Å²) in [4.78, 5) is 18.4. The molecular formula is C17H25N3O2. The summed E-state index contributed by atoms with van der Waals surface area (Å²) in [6.45, 7) is 6.72. The first-order chi connectivity index (χ1) is 10.7. The number of amides is 1. The maximum atomic E-state index is 12.0. The van der Waals surface area contributed by atoms with Crippen molar-refractivity contribution < 1.29 is 9.90 Å². The van der Waals surface area contributed by atoms with Crippen molar-refractivity contribution in [2.45, 2.75) is 12.5 Å².